The maximum Gasteiger partial charge on any atom is 0.318 e. The van der Waals surface area contributed by atoms with Crippen LogP contribution in [0.15, 0.2) is 47.8 Å². The van der Waals surface area contributed by atoms with Crippen LogP contribution in [0.4, 0.5) is 4.39 Å². The molecule has 9 unspecified atom stereocenters. The zero-order valence-corrected chi connectivity index (χ0v) is 32.5. The average molecular weight is 739 g/mol. The van der Waals surface area contributed by atoms with Crippen LogP contribution in [0.1, 0.15) is 72.1 Å². The molecule has 0 amide bonds. The quantitative estimate of drug-likeness (QED) is 0.266. The standard InChI is InChI=1S/C42H63FN4O6/c1-6-41(16-10-18-47-17-9-13-37(41)47)39(53-27(3)48)35(49)22-44-30-14-15-33(36(20-30)51-4)42(40(50)52-5)21-28-19-29(26(2)43)24-46(23-28)25-32-31-11-7-8-12-34(31)45-38(32)42/h7-8,11-12,15,20,26,28-32,34-35,37-39,44-45,49H,6,9-10,13-14,16-19,21-25H2,1-5H3/t26?,28?,29?,30?,31?,32?,34?,35-,37+,38?,39-,41+,42-/m0/s1. The minimum absolute atomic E-state index is 0.0844. The van der Waals surface area contributed by atoms with Gasteiger partial charge in [0, 0.05) is 80.1 Å². The Morgan fingerprint density at radius 1 is 1.15 bits per heavy atom. The number of hydrogen-bond acceptors (Lipinski definition) is 10. The van der Waals surface area contributed by atoms with Gasteiger partial charge >= 0.3 is 11.9 Å². The van der Waals surface area contributed by atoms with Gasteiger partial charge in [0.15, 0.2) is 0 Å². The van der Waals surface area contributed by atoms with Gasteiger partial charge in [-0.25, -0.2) is 4.39 Å². The van der Waals surface area contributed by atoms with E-state index in [0.717, 1.165) is 76.8 Å². The molecular formula is C42H63FN4O6. The Kier molecular flexibility index (Phi) is 11.6. The van der Waals surface area contributed by atoms with Crippen LogP contribution >= 0.6 is 0 Å². The van der Waals surface area contributed by atoms with Gasteiger partial charge in [-0.3, -0.25) is 14.5 Å². The molecule has 5 saturated heterocycles. The summed E-state index contributed by atoms with van der Waals surface area (Å²) in [5.74, 6) is 0.281. The van der Waals surface area contributed by atoms with Gasteiger partial charge in [-0.2, -0.15) is 0 Å². The van der Waals surface area contributed by atoms with E-state index in [2.05, 4.69) is 57.7 Å². The molecule has 53 heavy (non-hydrogen) atoms. The average Bonchev–Trinajstić information content (AvgIpc) is 3.79. The van der Waals surface area contributed by atoms with Crippen LogP contribution < -0.4 is 10.6 Å². The van der Waals surface area contributed by atoms with Gasteiger partial charge in [0.25, 0.3) is 0 Å². The van der Waals surface area contributed by atoms with Crippen molar-refractivity contribution in [2.24, 2.45) is 34.5 Å². The van der Waals surface area contributed by atoms with Crippen molar-refractivity contribution in [2.45, 2.75) is 115 Å². The van der Waals surface area contributed by atoms with Gasteiger partial charge < -0.3 is 34.9 Å². The number of allylic oxidation sites excluding steroid dienone is 3. The molecule has 0 aromatic rings. The third-order valence-corrected chi connectivity index (χ3v) is 14.4. The molecular weight excluding hydrogens is 675 g/mol. The fourth-order valence-electron chi connectivity index (χ4n) is 12.1. The molecule has 10 nitrogen and oxygen atoms in total. The van der Waals surface area contributed by atoms with Crippen molar-refractivity contribution >= 4 is 11.9 Å². The number of aliphatic hydroxyl groups is 1. The van der Waals surface area contributed by atoms with E-state index in [1.807, 2.05) is 6.08 Å². The highest BCUT2D eigenvalue weighted by atomic mass is 19.1. The van der Waals surface area contributed by atoms with Crippen LogP contribution in [-0.2, 0) is 23.8 Å². The predicted molar refractivity (Wildman–Crippen MR) is 201 cm³/mol. The Hall–Kier alpha value is -2.57. The van der Waals surface area contributed by atoms with Crippen LogP contribution in [-0.4, -0.2) is 123 Å². The lowest BCUT2D eigenvalue weighted by molar-refractivity contribution is -0.176. The number of methoxy groups -OCH3 is 2. The summed E-state index contributed by atoms with van der Waals surface area (Å²) in [6, 6.07) is -0.0277. The van der Waals surface area contributed by atoms with Gasteiger partial charge in [0.1, 0.15) is 29.6 Å². The van der Waals surface area contributed by atoms with Crippen LogP contribution in [0.5, 0.6) is 0 Å². The normalized spacial score (nSPS) is 41.0. The van der Waals surface area contributed by atoms with Crippen LogP contribution in [0.3, 0.4) is 0 Å². The smallest absolute Gasteiger partial charge is 0.318 e. The Morgan fingerprint density at radius 2 is 1.94 bits per heavy atom. The number of alkyl halides is 1. The summed E-state index contributed by atoms with van der Waals surface area (Å²) in [5.41, 5.74) is -0.528. The van der Waals surface area contributed by atoms with E-state index in [1.54, 1.807) is 14.0 Å². The fourth-order valence-corrected chi connectivity index (χ4v) is 12.1. The number of esters is 2. The number of piperidine rings is 2. The molecule has 3 N–H and O–H groups in total. The highest BCUT2D eigenvalue weighted by Gasteiger charge is 2.61. The molecule has 0 radical (unpaired) electrons. The second-order valence-corrected chi connectivity index (χ2v) is 17.2. The second-order valence-electron chi connectivity index (χ2n) is 17.2. The number of carbonyl (C=O) groups excluding carboxylic acids is 2. The number of halogens is 1. The van der Waals surface area contributed by atoms with Crippen molar-refractivity contribution < 1.29 is 33.3 Å². The first-order chi connectivity index (χ1) is 25.5. The molecule has 2 bridgehead atoms. The van der Waals surface area contributed by atoms with E-state index < -0.39 is 23.8 Å². The van der Waals surface area contributed by atoms with Crippen molar-refractivity contribution in [3.05, 3.63) is 47.8 Å². The monoisotopic (exact) mass is 738 g/mol. The largest absolute Gasteiger partial charge is 0.497 e. The van der Waals surface area contributed by atoms with Crippen molar-refractivity contribution in [2.75, 3.05) is 53.5 Å². The molecule has 294 valence electrons. The Balaban J connectivity index is 1.17. The lowest BCUT2D eigenvalue weighted by atomic mass is 9.60. The Morgan fingerprint density at radius 3 is 2.68 bits per heavy atom. The molecule has 5 fully saturated rings. The van der Waals surface area contributed by atoms with Gasteiger partial charge in [-0.15, -0.1) is 0 Å². The minimum Gasteiger partial charge on any atom is -0.497 e. The zero-order chi connectivity index (χ0) is 37.5. The van der Waals surface area contributed by atoms with E-state index in [-0.39, 0.29) is 65.7 Å². The van der Waals surface area contributed by atoms with Gasteiger partial charge in [0.05, 0.1) is 14.2 Å². The van der Waals surface area contributed by atoms with E-state index in [1.165, 1.54) is 14.0 Å². The first-order valence-electron chi connectivity index (χ1n) is 20.4. The van der Waals surface area contributed by atoms with Gasteiger partial charge in [-0.1, -0.05) is 37.3 Å². The molecule has 11 heteroatoms. The van der Waals surface area contributed by atoms with E-state index in [4.69, 9.17) is 14.2 Å². The molecule has 0 aromatic heterocycles. The highest BCUT2D eigenvalue weighted by molar-refractivity contribution is 5.83. The first kappa shape index (κ1) is 38.7. The molecule has 5 aliphatic heterocycles. The highest BCUT2D eigenvalue weighted by Crippen LogP contribution is 2.54. The summed E-state index contributed by atoms with van der Waals surface area (Å²) < 4.78 is 33.0. The molecule has 7 rings (SSSR count). The lowest BCUT2D eigenvalue weighted by Gasteiger charge is -2.51. The van der Waals surface area contributed by atoms with E-state index >= 15 is 0 Å². The maximum atomic E-state index is 15.0. The SMILES string of the molecule is CC[C@@]1([C@@H](OC(C)=O)[C@@H](O)CNC2C=C(OC)C([C@@]3(C(=O)OC)CC4CC(C(C)F)CN(C4)CC4C5C=CC=CC5NC43)=CC2)CCCN2CCC[C@@H]21. The number of nitrogens with zero attached hydrogens (tertiary/aromatic N) is 2. The number of aliphatic hydroxyl groups excluding tert-OH is 1. The Labute approximate surface area is 315 Å². The molecule has 0 aromatic carbocycles. The van der Waals surface area contributed by atoms with Gasteiger partial charge in [0.2, 0.25) is 0 Å². The van der Waals surface area contributed by atoms with Crippen LogP contribution in [0, 0.1) is 34.5 Å². The summed E-state index contributed by atoms with van der Waals surface area (Å²) in [6.45, 7) is 9.97. The molecule has 7 aliphatic rings. The molecule has 14 atom stereocenters. The third kappa shape index (κ3) is 7.07. The number of rotatable bonds is 11. The second kappa shape index (κ2) is 15.9. The first-order valence-corrected chi connectivity index (χ1v) is 20.4. The van der Waals surface area contributed by atoms with Crippen molar-refractivity contribution in [3.8, 4) is 0 Å². The summed E-state index contributed by atoms with van der Waals surface area (Å²) in [7, 11) is 3.13. The number of ether oxygens (including phenoxy) is 3. The summed E-state index contributed by atoms with van der Waals surface area (Å²) >= 11 is 0. The van der Waals surface area contributed by atoms with E-state index in [0.29, 0.717) is 24.6 Å². The Bertz CT molecular complexity index is 1480. The number of hydrogen-bond donors (Lipinski definition) is 3. The lowest BCUT2D eigenvalue weighted by Crippen LogP contribution is -2.60. The van der Waals surface area contributed by atoms with Crippen LogP contribution in [0.25, 0.3) is 0 Å². The topological polar surface area (TPSA) is 113 Å². The number of carbonyl (C=O) groups is 2. The predicted octanol–water partition coefficient (Wildman–Crippen LogP) is 4.31. The zero-order valence-electron chi connectivity index (χ0n) is 32.5. The van der Waals surface area contributed by atoms with Gasteiger partial charge in [-0.05, 0) is 89.3 Å². The summed E-state index contributed by atoms with van der Waals surface area (Å²) in [6.07, 6.45) is 17.2. The summed E-state index contributed by atoms with van der Waals surface area (Å²) in [5, 5.41) is 19.3. The molecule has 0 saturated carbocycles. The number of nitrogens with one attached hydrogen (secondary N) is 2. The number of fused-ring (bicyclic) bond motifs is 6. The molecule has 2 aliphatic carbocycles. The maximum absolute atomic E-state index is 15.0. The van der Waals surface area contributed by atoms with Crippen molar-refractivity contribution in [1.29, 1.82) is 0 Å². The fraction of sp³-hybridized carbons (Fsp3) is 0.762. The molecule has 5 heterocycles. The van der Waals surface area contributed by atoms with E-state index in [9.17, 15) is 19.1 Å². The summed E-state index contributed by atoms with van der Waals surface area (Å²) in [4.78, 5) is 32.1. The van der Waals surface area contributed by atoms with Crippen molar-refractivity contribution in [3.63, 3.8) is 0 Å². The third-order valence-electron chi connectivity index (χ3n) is 14.4. The molecule has 0 spiro atoms. The van der Waals surface area contributed by atoms with Crippen LogP contribution in [0.2, 0.25) is 0 Å². The van der Waals surface area contributed by atoms with Crippen molar-refractivity contribution in [1.82, 2.24) is 20.4 Å². The minimum atomic E-state index is -1.05.